The average Bonchev–Trinajstić information content (AvgIpc) is 3.04. The molecular formula is C21H22ClFN2O2. The van der Waals surface area contributed by atoms with E-state index in [0.717, 1.165) is 17.5 Å². The van der Waals surface area contributed by atoms with Gasteiger partial charge in [-0.25, -0.2) is 4.39 Å². The summed E-state index contributed by atoms with van der Waals surface area (Å²) in [5.41, 5.74) is 2.07. The zero-order valence-electron chi connectivity index (χ0n) is 15.0. The number of halogens is 2. The molecule has 6 heteroatoms. The van der Waals surface area contributed by atoms with Gasteiger partial charge in [-0.05, 0) is 48.2 Å². The van der Waals surface area contributed by atoms with E-state index in [1.54, 1.807) is 17.0 Å². The van der Waals surface area contributed by atoms with Gasteiger partial charge in [-0.15, -0.1) is 0 Å². The van der Waals surface area contributed by atoms with E-state index in [2.05, 4.69) is 5.32 Å². The van der Waals surface area contributed by atoms with Crippen molar-refractivity contribution in [3.63, 3.8) is 0 Å². The quantitative estimate of drug-likeness (QED) is 0.791. The number of nitrogens with zero attached hydrogens (tertiary/aromatic N) is 1. The van der Waals surface area contributed by atoms with Crippen molar-refractivity contribution in [1.82, 2.24) is 10.2 Å². The highest BCUT2D eigenvalue weighted by atomic mass is 35.5. The largest absolute Gasteiger partial charge is 0.355 e. The predicted molar refractivity (Wildman–Crippen MR) is 103 cm³/mol. The van der Waals surface area contributed by atoms with Crippen molar-refractivity contribution >= 4 is 23.4 Å². The van der Waals surface area contributed by atoms with E-state index in [4.69, 9.17) is 11.6 Å². The molecule has 1 saturated heterocycles. The summed E-state index contributed by atoms with van der Waals surface area (Å²) < 4.78 is 12.9. The minimum Gasteiger partial charge on any atom is -0.355 e. The highest BCUT2D eigenvalue weighted by Crippen LogP contribution is 2.19. The summed E-state index contributed by atoms with van der Waals surface area (Å²) in [5.74, 6) is -0.668. The van der Waals surface area contributed by atoms with Gasteiger partial charge in [0.2, 0.25) is 11.8 Å². The molecule has 0 spiro atoms. The van der Waals surface area contributed by atoms with E-state index in [0.29, 0.717) is 31.1 Å². The van der Waals surface area contributed by atoms with Crippen LogP contribution in [0.4, 0.5) is 4.39 Å². The Morgan fingerprint density at radius 2 is 1.70 bits per heavy atom. The topological polar surface area (TPSA) is 49.4 Å². The van der Waals surface area contributed by atoms with E-state index in [1.807, 2.05) is 24.3 Å². The lowest BCUT2D eigenvalue weighted by Gasteiger charge is -2.16. The molecule has 0 aliphatic carbocycles. The van der Waals surface area contributed by atoms with Crippen LogP contribution in [0.5, 0.6) is 0 Å². The molecule has 1 N–H and O–H groups in total. The third-order valence-corrected chi connectivity index (χ3v) is 5.05. The van der Waals surface area contributed by atoms with Gasteiger partial charge in [-0.2, -0.15) is 0 Å². The predicted octanol–water partition coefficient (Wildman–Crippen LogP) is 3.23. The highest BCUT2D eigenvalue weighted by Gasteiger charge is 2.33. The van der Waals surface area contributed by atoms with Crippen molar-refractivity contribution in [2.75, 3.05) is 19.6 Å². The maximum absolute atomic E-state index is 12.9. The maximum Gasteiger partial charge on any atom is 0.225 e. The molecule has 2 aromatic rings. The molecule has 4 nitrogen and oxygen atoms in total. The molecule has 27 heavy (non-hydrogen) atoms. The standard InChI is InChI=1S/C21H22ClFN2O2/c22-18-5-1-15(2-6-18)9-11-24-21(27)17-13-20(26)25(14-17)12-10-16-3-7-19(23)8-4-16/h1-8,17H,9-14H2,(H,24,27). The molecule has 1 fully saturated rings. The molecule has 1 aliphatic heterocycles. The molecule has 2 aromatic carbocycles. The Morgan fingerprint density at radius 3 is 2.41 bits per heavy atom. The second-order valence-corrected chi connectivity index (χ2v) is 7.22. The van der Waals surface area contributed by atoms with Crippen molar-refractivity contribution in [1.29, 1.82) is 0 Å². The Labute approximate surface area is 163 Å². The number of nitrogens with one attached hydrogen (secondary N) is 1. The van der Waals surface area contributed by atoms with Gasteiger partial charge >= 0.3 is 0 Å². The second kappa shape index (κ2) is 9.00. The minimum atomic E-state index is -0.309. The summed E-state index contributed by atoms with van der Waals surface area (Å²) in [4.78, 5) is 26.2. The van der Waals surface area contributed by atoms with Crippen molar-refractivity contribution in [3.8, 4) is 0 Å². The van der Waals surface area contributed by atoms with Gasteiger partial charge < -0.3 is 10.2 Å². The van der Waals surface area contributed by atoms with Crippen molar-refractivity contribution in [2.45, 2.75) is 19.3 Å². The van der Waals surface area contributed by atoms with Crippen LogP contribution in [0.15, 0.2) is 48.5 Å². The first-order valence-corrected chi connectivity index (χ1v) is 9.43. The fourth-order valence-corrected chi connectivity index (χ4v) is 3.33. The molecule has 0 bridgehead atoms. The molecular weight excluding hydrogens is 367 g/mol. The molecule has 1 heterocycles. The average molecular weight is 389 g/mol. The van der Waals surface area contributed by atoms with Gasteiger partial charge in [0, 0.05) is 31.1 Å². The third-order valence-electron chi connectivity index (χ3n) is 4.80. The van der Waals surface area contributed by atoms with Crippen molar-refractivity contribution in [2.24, 2.45) is 5.92 Å². The molecule has 1 unspecified atom stereocenters. The maximum atomic E-state index is 12.9. The Morgan fingerprint density at radius 1 is 1.07 bits per heavy atom. The van der Waals surface area contributed by atoms with E-state index < -0.39 is 0 Å². The number of amides is 2. The summed E-state index contributed by atoms with van der Waals surface area (Å²) in [7, 11) is 0. The molecule has 2 amide bonds. The number of hydrogen-bond donors (Lipinski definition) is 1. The van der Waals surface area contributed by atoms with Crippen LogP contribution in [0.25, 0.3) is 0 Å². The van der Waals surface area contributed by atoms with Gasteiger partial charge in [0.25, 0.3) is 0 Å². The SMILES string of the molecule is O=C(NCCc1ccc(Cl)cc1)C1CC(=O)N(CCc2ccc(F)cc2)C1. The Balaban J connectivity index is 1.42. The normalized spacial score (nSPS) is 16.6. The van der Waals surface area contributed by atoms with Gasteiger partial charge in [0.15, 0.2) is 0 Å². The first-order chi connectivity index (χ1) is 13.0. The van der Waals surface area contributed by atoms with Crippen LogP contribution in [-0.2, 0) is 22.4 Å². The zero-order valence-corrected chi connectivity index (χ0v) is 15.7. The Kier molecular flexibility index (Phi) is 6.45. The molecule has 0 saturated carbocycles. The number of benzene rings is 2. The summed E-state index contributed by atoms with van der Waals surface area (Å²) in [6, 6.07) is 13.8. The molecule has 3 rings (SSSR count). The van der Waals surface area contributed by atoms with E-state index >= 15 is 0 Å². The van der Waals surface area contributed by atoms with Crippen LogP contribution >= 0.6 is 11.6 Å². The lowest BCUT2D eigenvalue weighted by Crippen LogP contribution is -2.34. The van der Waals surface area contributed by atoms with Crippen LogP contribution in [-0.4, -0.2) is 36.3 Å². The fourth-order valence-electron chi connectivity index (χ4n) is 3.20. The van der Waals surface area contributed by atoms with Gasteiger partial charge in [-0.1, -0.05) is 35.9 Å². The van der Waals surface area contributed by atoms with E-state index in [9.17, 15) is 14.0 Å². The van der Waals surface area contributed by atoms with Crippen LogP contribution in [0, 0.1) is 11.7 Å². The first-order valence-electron chi connectivity index (χ1n) is 9.05. The smallest absolute Gasteiger partial charge is 0.225 e. The molecule has 1 atom stereocenters. The first kappa shape index (κ1) is 19.4. The number of carbonyl (C=O) groups excluding carboxylic acids is 2. The second-order valence-electron chi connectivity index (χ2n) is 6.78. The lowest BCUT2D eigenvalue weighted by molar-refractivity contribution is -0.129. The summed E-state index contributed by atoms with van der Waals surface area (Å²) >= 11 is 5.86. The Bertz CT molecular complexity index is 793. The Hall–Kier alpha value is -2.40. The van der Waals surface area contributed by atoms with Gasteiger partial charge in [0.05, 0.1) is 5.92 Å². The highest BCUT2D eigenvalue weighted by molar-refractivity contribution is 6.30. The number of hydrogen-bond acceptors (Lipinski definition) is 2. The minimum absolute atomic E-state index is 0.00466. The number of carbonyl (C=O) groups is 2. The van der Waals surface area contributed by atoms with Crippen LogP contribution in [0.1, 0.15) is 17.5 Å². The van der Waals surface area contributed by atoms with Crippen molar-refractivity contribution < 1.29 is 14.0 Å². The van der Waals surface area contributed by atoms with Crippen LogP contribution < -0.4 is 5.32 Å². The lowest BCUT2D eigenvalue weighted by atomic mass is 10.1. The van der Waals surface area contributed by atoms with Gasteiger partial charge in [0.1, 0.15) is 5.82 Å². The van der Waals surface area contributed by atoms with Crippen LogP contribution in [0.3, 0.4) is 0 Å². The molecule has 0 aromatic heterocycles. The molecule has 0 radical (unpaired) electrons. The van der Waals surface area contributed by atoms with Gasteiger partial charge in [-0.3, -0.25) is 9.59 Å². The number of likely N-dealkylation sites (tertiary alicyclic amines) is 1. The molecule has 142 valence electrons. The van der Waals surface area contributed by atoms with E-state index in [1.165, 1.54) is 12.1 Å². The fraction of sp³-hybridized carbons (Fsp3) is 0.333. The third kappa shape index (κ3) is 5.54. The zero-order chi connectivity index (χ0) is 19.2. The van der Waals surface area contributed by atoms with Crippen LogP contribution in [0.2, 0.25) is 5.02 Å². The van der Waals surface area contributed by atoms with Crippen molar-refractivity contribution in [3.05, 3.63) is 70.5 Å². The number of rotatable bonds is 7. The molecule has 1 aliphatic rings. The summed E-state index contributed by atoms with van der Waals surface area (Å²) in [6.07, 6.45) is 1.62. The summed E-state index contributed by atoms with van der Waals surface area (Å²) in [5, 5.41) is 3.60. The monoisotopic (exact) mass is 388 g/mol. The van der Waals surface area contributed by atoms with E-state index in [-0.39, 0.29) is 30.0 Å². The summed E-state index contributed by atoms with van der Waals surface area (Å²) in [6.45, 7) is 1.51.